The number of benzene rings is 1. The van der Waals surface area contributed by atoms with E-state index in [2.05, 4.69) is 20.9 Å². The minimum atomic E-state index is -4.89. The van der Waals surface area contributed by atoms with Gasteiger partial charge in [-0.2, -0.15) is 4.31 Å². The SMILES string of the molecule is O=S(=O)(c1cccc(OC(F)(F)F)c1)N1CCc2[c]ncnc2C1. The van der Waals surface area contributed by atoms with Crippen molar-refractivity contribution in [3.8, 4) is 5.75 Å². The normalized spacial score (nSPS) is 15.8. The lowest BCUT2D eigenvalue weighted by molar-refractivity contribution is -0.274. The number of rotatable bonds is 3. The Kier molecular flexibility index (Phi) is 4.18. The van der Waals surface area contributed by atoms with Crippen molar-refractivity contribution in [2.45, 2.75) is 24.2 Å². The summed E-state index contributed by atoms with van der Waals surface area (Å²) in [6, 6.07) is 4.31. The van der Waals surface area contributed by atoms with E-state index in [4.69, 9.17) is 0 Å². The van der Waals surface area contributed by atoms with Crippen LogP contribution in [0.5, 0.6) is 5.75 Å². The summed E-state index contributed by atoms with van der Waals surface area (Å²) < 4.78 is 67.1. The zero-order valence-electron chi connectivity index (χ0n) is 12.1. The zero-order valence-corrected chi connectivity index (χ0v) is 12.9. The van der Waals surface area contributed by atoms with Crippen LogP contribution in [0.3, 0.4) is 0 Å². The fourth-order valence-electron chi connectivity index (χ4n) is 2.35. The Labute approximate surface area is 136 Å². The van der Waals surface area contributed by atoms with E-state index in [1.807, 2.05) is 0 Å². The van der Waals surface area contributed by atoms with Crippen LogP contribution in [-0.4, -0.2) is 35.6 Å². The van der Waals surface area contributed by atoms with Gasteiger partial charge in [-0.25, -0.2) is 18.4 Å². The second-order valence-electron chi connectivity index (χ2n) is 5.02. The highest BCUT2D eigenvalue weighted by Crippen LogP contribution is 2.28. The third-order valence-corrected chi connectivity index (χ3v) is 5.27. The third kappa shape index (κ3) is 3.49. The molecule has 0 spiro atoms. The van der Waals surface area contributed by atoms with E-state index in [1.165, 1.54) is 18.5 Å². The second kappa shape index (κ2) is 6.02. The lowest BCUT2D eigenvalue weighted by Gasteiger charge is -2.26. The molecule has 2 heterocycles. The van der Waals surface area contributed by atoms with Gasteiger partial charge in [-0.15, -0.1) is 13.2 Å². The molecule has 1 radical (unpaired) electrons. The molecule has 10 heteroatoms. The van der Waals surface area contributed by atoms with Crippen LogP contribution in [0, 0.1) is 6.20 Å². The highest BCUT2D eigenvalue weighted by atomic mass is 32.2. The molecule has 0 saturated heterocycles. The molecule has 3 rings (SSSR count). The van der Waals surface area contributed by atoms with E-state index in [0.717, 1.165) is 22.0 Å². The Morgan fingerprint density at radius 1 is 1.29 bits per heavy atom. The van der Waals surface area contributed by atoms with Crippen LogP contribution in [0.25, 0.3) is 0 Å². The van der Waals surface area contributed by atoms with E-state index in [1.54, 1.807) is 0 Å². The fourth-order valence-corrected chi connectivity index (χ4v) is 3.79. The molecule has 0 atom stereocenters. The molecule has 0 saturated carbocycles. The van der Waals surface area contributed by atoms with Crippen LogP contribution in [-0.2, 0) is 23.0 Å². The molecule has 1 aromatic heterocycles. The average molecular weight is 358 g/mol. The standard InChI is InChI=1S/C14H11F3N3O3S/c15-14(16,17)23-11-2-1-3-12(6-11)24(21,22)20-5-4-10-7-18-9-19-13(10)8-20/h1-3,6,9H,4-5,8H2. The Bertz CT molecular complexity index is 856. The topological polar surface area (TPSA) is 72.4 Å². The first-order valence-corrected chi connectivity index (χ1v) is 8.26. The van der Waals surface area contributed by atoms with Crippen molar-refractivity contribution in [2.75, 3.05) is 6.54 Å². The molecule has 2 aromatic rings. The molecule has 1 aromatic carbocycles. The smallest absolute Gasteiger partial charge is 0.406 e. The maximum Gasteiger partial charge on any atom is 0.573 e. The van der Waals surface area contributed by atoms with Gasteiger partial charge in [0.05, 0.1) is 23.3 Å². The number of nitrogens with zero attached hydrogens (tertiary/aromatic N) is 3. The van der Waals surface area contributed by atoms with Gasteiger partial charge in [-0.3, -0.25) is 0 Å². The van der Waals surface area contributed by atoms with Gasteiger partial charge in [0, 0.05) is 18.2 Å². The summed E-state index contributed by atoms with van der Waals surface area (Å²) in [5.74, 6) is -0.586. The number of halogens is 3. The van der Waals surface area contributed by atoms with Crippen molar-refractivity contribution in [3.63, 3.8) is 0 Å². The average Bonchev–Trinajstić information content (AvgIpc) is 2.53. The van der Waals surface area contributed by atoms with Crippen LogP contribution >= 0.6 is 0 Å². The fraction of sp³-hybridized carbons (Fsp3) is 0.286. The summed E-state index contributed by atoms with van der Waals surface area (Å²) in [4.78, 5) is 7.51. The maximum absolute atomic E-state index is 12.7. The monoisotopic (exact) mass is 358 g/mol. The van der Waals surface area contributed by atoms with Crippen LogP contribution in [0.2, 0.25) is 0 Å². The van der Waals surface area contributed by atoms with E-state index in [9.17, 15) is 21.6 Å². The molecular weight excluding hydrogens is 347 g/mol. The molecule has 0 aliphatic carbocycles. The zero-order chi connectivity index (χ0) is 17.4. The van der Waals surface area contributed by atoms with Crippen LogP contribution in [0.4, 0.5) is 13.2 Å². The summed E-state index contributed by atoms with van der Waals surface area (Å²) in [7, 11) is -3.97. The van der Waals surface area contributed by atoms with Crippen molar-refractivity contribution in [1.82, 2.24) is 14.3 Å². The molecule has 24 heavy (non-hydrogen) atoms. The molecule has 1 aliphatic heterocycles. The number of sulfonamides is 1. The molecular formula is C14H11F3N3O3S. The number of aromatic nitrogens is 2. The number of alkyl halides is 3. The molecule has 0 unspecified atom stereocenters. The third-order valence-electron chi connectivity index (χ3n) is 3.43. The largest absolute Gasteiger partial charge is 0.573 e. The predicted octanol–water partition coefficient (Wildman–Crippen LogP) is 1.92. The van der Waals surface area contributed by atoms with E-state index in [-0.39, 0.29) is 18.0 Å². The highest BCUT2D eigenvalue weighted by Gasteiger charge is 2.33. The highest BCUT2D eigenvalue weighted by molar-refractivity contribution is 7.89. The van der Waals surface area contributed by atoms with Crippen molar-refractivity contribution in [3.05, 3.63) is 48.0 Å². The number of ether oxygens (including phenoxy) is 1. The molecule has 6 nitrogen and oxygen atoms in total. The van der Waals surface area contributed by atoms with Crippen LogP contribution < -0.4 is 4.74 Å². The van der Waals surface area contributed by atoms with E-state index in [0.29, 0.717) is 12.1 Å². The van der Waals surface area contributed by atoms with Gasteiger partial charge in [-0.1, -0.05) is 6.07 Å². The Hall–Kier alpha value is -2.20. The van der Waals surface area contributed by atoms with Gasteiger partial charge in [0.2, 0.25) is 10.0 Å². The number of fused-ring (bicyclic) bond motifs is 1. The lowest BCUT2D eigenvalue weighted by Crippen LogP contribution is -2.36. The maximum atomic E-state index is 12.7. The first-order chi connectivity index (χ1) is 11.3. The van der Waals surface area contributed by atoms with Crippen molar-refractivity contribution >= 4 is 10.0 Å². The summed E-state index contributed by atoms with van der Waals surface area (Å²) in [6.07, 6.45) is -0.480. The van der Waals surface area contributed by atoms with Crippen LogP contribution in [0.15, 0.2) is 35.5 Å². The van der Waals surface area contributed by atoms with E-state index < -0.39 is 22.1 Å². The molecule has 0 N–H and O–H groups in total. The molecule has 1 aliphatic rings. The quantitative estimate of drug-likeness (QED) is 0.838. The van der Waals surface area contributed by atoms with Gasteiger partial charge < -0.3 is 4.74 Å². The minimum absolute atomic E-state index is 0.0149. The summed E-state index contributed by atoms with van der Waals surface area (Å²) in [6.45, 7) is 0.185. The van der Waals surface area contributed by atoms with Gasteiger partial charge in [0.25, 0.3) is 0 Å². The number of hydrogen-bond acceptors (Lipinski definition) is 5. The summed E-state index contributed by atoms with van der Waals surface area (Å²) >= 11 is 0. The molecule has 0 amide bonds. The van der Waals surface area contributed by atoms with Gasteiger partial charge in [0.1, 0.15) is 12.1 Å². The summed E-state index contributed by atoms with van der Waals surface area (Å²) in [5.41, 5.74) is 1.26. The molecule has 0 fully saturated rings. The predicted molar refractivity (Wildman–Crippen MR) is 75.3 cm³/mol. The van der Waals surface area contributed by atoms with Gasteiger partial charge in [0.15, 0.2) is 0 Å². The van der Waals surface area contributed by atoms with Crippen molar-refractivity contribution in [1.29, 1.82) is 0 Å². The summed E-state index contributed by atoms with van der Waals surface area (Å²) in [5, 5.41) is 0. The Balaban J connectivity index is 1.88. The Morgan fingerprint density at radius 3 is 2.83 bits per heavy atom. The molecule has 127 valence electrons. The molecule has 0 bridgehead atoms. The minimum Gasteiger partial charge on any atom is -0.406 e. The van der Waals surface area contributed by atoms with Crippen molar-refractivity contribution in [2.24, 2.45) is 0 Å². The van der Waals surface area contributed by atoms with Gasteiger partial charge in [-0.05, 0) is 18.6 Å². The number of hydrogen-bond donors (Lipinski definition) is 0. The lowest BCUT2D eigenvalue weighted by atomic mass is 10.1. The second-order valence-corrected chi connectivity index (χ2v) is 6.96. The van der Waals surface area contributed by atoms with Gasteiger partial charge >= 0.3 is 6.36 Å². The first-order valence-electron chi connectivity index (χ1n) is 6.82. The Morgan fingerprint density at radius 2 is 2.08 bits per heavy atom. The first kappa shape index (κ1) is 16.7. The van der Waals surface area contributed by atoms with E-state index >= 15 is 0 Å². The van der Waals surface area contributed by atoms with Crippen molar-refractivity contribution < 1.29 is 26.3 Å². The van der Waals surface area contributed by atoms with Crippen LogP contribution in [0.1, 0.15) is 11.3 Å².